The van der Waals surface area contributed by atoms with Crippen LogP contribution < -0.4 is 10.8 Å². The Bertz CT molecular complexity index is 1580. The lowest BCUT2D eigenvalue weighted by atomic mass is 10.1. The number of alkyl halides is 9. The minimum absolute atomic E-state index is 0.166. The van der Waals surface area contributed by atoms with E-state index < -0.39 is 83.4 Å². The van der Waals surface area contributed by atoms with Crippen molar-refractivity contribution in [2.45, 2.75) is 29.4 Å². The Kier molecular flexibility index (Phi) is 9.36. The maximum absolute atomic E-state index is 13.7. The number of aliphatic imine (C=N–C) groups is 1. The van der Waals surface area contributed by atoms with Crippen molar-refractivity contribution >= 4 is 44.7 Å². The highest BCUT2D eigenvalue weighted by molar-refractivity contribution is 7.92. The minimum atomic E-state index is -6.24. The van der Waals surface area contributed by atoms with Gasteiger partial charge in [0.1, 0.15) is 16.4 Å². The second kappa shape index (κ2) is 11.8. The smallest absolute Gasteiger partial charge is 0.372 e. The molecule has 0 saturated heterocycles. The van der Waals surface area contributed by atoms with Gasteiger partial charge in [-0.05, 0) is 29.8 Å². The maximum Gasteiger partial charge on any atom is 0.502 e. The number of aromatic nitrogens is 2. The first-order chi connectivity index (χ1) is 19.2. The molecular formula is C22H16Cl2F9N5O3S. The van der Waals surface area contributed by atoms with Crippen LogP contribution in [0.3, 0.4) is 0 Å². The third kappa shape index (κ3) is 6.71. The summed E-state index contributed by atoms with van der Waals surface area (Å²) in [4.78, 5) is 7.24. The van der Waals surface area contributed by atoms with Gasteiger partial charge >= 0.3 is 17.9 Å². The molecule has 1 heterocycles. The molecule has 20 heteroatoms. The average Bonchev–Trinajstić information content (AvgIpc) is 3.24. The summed E-state index contributed by atoms with van der Waals surface area (Å²) in [7, 11) is -4.24. The average molecular weight is 672 g/mol. The molecule has 3 aromatic rings. The highest BCUT2D eigenvalue weighted by Crippen LogP contribution is 2.42. The van der Waals surface area contributed by atoms with Crippen LogP contribution in [0.15, 0.2) is 46.3 Å². The number of amidine groups is 1. The van der Waals surface area contributed by atoms with Gasteiger partial charge in [0.05, 0.1) is 27.8 Å². The number of hydrogen-bond donors (Lipinski definition) is 2. The zero-order valence-electron chi connectivity index (χ0n) is 20.8. The number of nitrogens with zero attached hydrogens (tertiary/aromatic N) is 3. The van der Waals surface area contributed by atoms with E-state index in [1.807, 2.05) is 0 Å². The predicted molar refractivity (Wildman–Crippen MR) is 133 cm³/mol. The number of rotatable bonds is 7. The minimum Gasteiger partial charge on any atom is -0.372 e. The standard InChI is InChI=1S/C22H16Cl2F9N5O3S/c1-34-18(37-41-9-10-3-5-11(6-4-10)20(25,26)27)15-17(42(39,40)22(31,32)33)19(35-2)38(36-15)16-13(23)7-12(8-14(16)24)21(28,29)30/h3-8,35H,9H2,1-2H3,(H,34,37). The first kappa shape index (κ1) is 33.3. The first-order valence-corrected chi connectivity index (χ1v) is 13.2. The molecule has 3 rings (SSSR count). The molecule has 0 fully saturated rings. The van der Waals surface area contributed by atoms with Crippen molar-refractivity contribution in [3.8, 4) is 5.69 Å². The predicted octanol–water partition coefficient (Wildman–Crippen LogP) is 6.65. The van der Waals surface area contributed by atoms with Crippen LogP contribution in [0.2, 0.25) is 10.0 Å². The summed E-state index contributed by atoms with van der Waals surface area (Å²) in [5.74, 6) is -1.63. The number of anilines is 1. The summed E-state index contributed by atoms with van der Waals surface area (Å²) in [6.07, 6.45) is -9.52. The molecule has 0 aliphatic rings. The van der Waals surface area contributed by atoms with E-state index in [0.717, 1.165) is 38.4 Å². The molecule has 2 N–H and O–H groups in total. The number of hydroxylamine groups is 1. The monoisotopic (exact) mass is 671 g/mol. The van der Waals surface area contributed by atoms with Gasteiger partial charge in [0.2, 0.25) is 0 Å². The van der Waals surface area contributed by atoms with Crippen molar-refractivity contribution in [2.75, 3.05) is 19.4 Å². The third-order valence-electron chi connectivity index (χ3n) is 5.35. The quantitative estimate of drug-likeness (QED) is 0.126. The number of sulfone groups is 1. The largest absolute Gasteiger partial charge is 0.502 e. The lowest BCUT2D eigenvalue weighted by Crippen LogP contribution is -2.30. The summed E-state index contributed by atoms with van der Waals surface area (Å²) in [5.41, 5.74) is -7.52. The molecule has 0 aliphatic carbocycles. The van der Waals surface area contributed by atoms with Gasteiger partial charge in [0.25, 0.3) is 9.84 Å². The van der Waals surface area contributed by atoms with Crippen LogP contribution in [0.25, 0.3) is 5.69 Å². The van der Waals surface area contributed by atoms with Gasteiger partial charge in [-0.3, -0.25) is 9.83 Å². The Morgan fingerprint density at radius 2 is 1.48 bits per heavy atom. The van der Waals surface area contributed by atoms with Crippen molar-refractivity contribution in [3.05, 3.63) is 68.8 Å². The van der Waals surface area contributed by atoms with E-state index in [9.17, 15) is 47.9 Å². The normalized spacial score (nSPS) is 13.4. The molecule has 230 valence electrons. The molecule has 0 amide bonds. The molecule has 0 bridgehead atoms. The SMILES string of the molecule is CN=C(NOCc1ccc(C(F)(F)F)cc1)c1nn(-c2c(Cl)cc(C(F)(F)F)cc2Cl)c(NC)c1S(=O)(=O)C(F)(F)F. The number of benzene rings is 2. The molecule has 0 spiro atoms. The molecule has 8 nitrogen and oxygen atoms in total. The van der Waals surface area contributed by atoms with Gasteiger partial charge in [-0.15, -0.1) is 0 Å². The van der Waals surface area contributed by atoms with Gasteiger partial charge in [0, 0.05) is 14.1 Å². The Hall–Kier alpha value is -3.22. The van der Waals surface area contributed by atoms with Crippen LogP contribution in [-0.4, -0.2) is 43.6 Å². The van der Waals surface area contributed by atoms with Gasteiger partial charge < -0.3 is 5.32 Å². The Morgan fingerprint density at radius 3 is 1.90 bits per heavy atom. The Labute approximate surface area is 240 Å². The lowest BCUT2D eigenvalue weighted by Gasteiger charge is -2.15. The second-order valence-corrected chi connectivity index (χ2v) is 10.8. The van der Waals surface area contributed by atoms with Gasteiger partial charge in [-0.1, -0.05) is 35.3 Å². The highest BCUT2D eigenvalue weighted by Gasteiger charge is 2.51. The van der Waals surface area contributed by atoms with Crippen molar-refractivity contribution < 1.29 is 52.8 Å². The van der Waals surface area contributed by atoms with Crippen molar-refractivity contribution in [2.24, 2.45) is 4.99 Å². The van der Waals surface area contributed by atoms with E-state index in [2.05, 4.69) is 20.9 Å². The van der Waals surface area contributed by atoms with E-state index in [1.54, 1.807) is 0 Å². The summed E-state index contributed by atoms with van der Waals surface area (Å²) in [5, 5.41) is 4.51. The second-order valence-electron chi connectivity index (χ2n) is 8.08. The maximum atomic E-state index is 13.7. The van der Waals surface area contributed by atoms with Crippen LogP contribution >= 0.6 is 23.2 Å². The number of halogens is 11. The zero-order valence-corrected chi connectivity index (χ0v) is 23.1. The number of hydrogen-bond acceptors (Lipinski definition) is 6. The zero-order chi connectivity index (χ0) is 31.8. The van der Waals surface area contributed by atoms with Crippen LogP contribution in [0.5, 0.6) is 0 Å². The van der Waals surface area contributed by atoms with Gasteiger partial charge in [0.15, 0.2) is 11.5 Å². The molecule has 0 aliphatic heterocycles. The fourth-order valence-corrected chi connectivity index (χ4v) is 5.13. The molecule has 0 unspecified atom stereocenters. The van der Waals surface area contributed by atoms with Crippen LogP contribution in [0.1, 0.15) is 22.4 Å². The fourth-order valence-electron chi connectivity index (χ4n) is 3.42. The first-order valence-electron chi connectivity index (χ1n) is 10.9. The lowest BCUT2D eigenvalue weighted by molar-refractivity contribution is -0.138. The van der Waals surface area contributed by atoms with Crippen molar-refractivity contribution in [3.63, 3.8) is 0 Å². The van der Waals surface area contributed by atoms with E-state index in [0.29, 0.717) is 16.8 Å². The highest BCUT2D eigenvalue weighted by atomic mass is 35.5. The summed E-state index contributed by atoms with van der Waals surface area (Å²) in [6.45, 7) is -0.478. The third-order valence-corrected chi connectivity index (χ3v) is 7.45. The summed E-state index contributed by atoms with van der Waals surface area (Å²) >= 11 is 12.0. The molecule has 2 aromatic carbocycles. The fraction of sp³-hybridized carbons (Fsp3) is 0.273. The Morgan fingerprint density at radius 1 is 0.952 bits per heavy atom. The van der Waals surface area contributed by atoms with Gasteiger partial charge in [-0.25, -0.2) is 18.6 Å². The van der Waals surface area contributed by atoms with E-state index in [4.69, 9.17) is 28.0 Å². The van der Waals surface area contributed by atoms with E-state index in [-0.39, 0.29) is 5.56 Å². The molecule has 0 atom stereocenters. The molecule has 0 saturated carbocycles. The van der Waals surface area contributed by atoms with Gasteiger partial charge in [-0.2, -0.15) is 44.6 Å². The molecule has 42 heavy (non-hydrogen) atoms. The number of nitrogens with one attached hydrogen (secondary N) is 2. The van der Waals surface area contributed by atoms with Crippen LogP contribution in [0, 0.1) is 0 Å². The van der Waals surface area contributed by atoms with Crippen molar-refractivity contribution in [1.82, 2.24) is 15.3 Å². The van der Waals surface area contributed by atoms with Crippen molar-refractivity contribution in [1.29, 1.82) is 0 Å². The van der Waals surface area contributed by atoms with E-state index in [1.165, 1.54) is 0 Å². The van der Waals surface area contributed by atoms with E-state index >= 15 is 0 Å². The summed E-state index contributed by atoms with van der Waals surface area (Å²) < 4.78 is 145. The Balaban J connectivity index is 2.12. The van der Waals surface area contributed by atoms with Crippen LogP contribution in [0.4, 0.5) is 45.3 Å². The van der Waals surface area contributed by atoms with Crippen LogP contribution in [-0.2, 0) is 33.6 Å². The topological polar surface area (TPSA) is 97.6 Å². The molecule has 1 aromatic heterocycles. The summed E-state index contributed by atoms with van der Waals surface area (Å²) in [6, 6.07) is 4.41. The molecular weight excluding hydrogens is 656 g/mol. The molecule has 0 radical (unpaired) electrons.